The van der Waals surface area contributed by atoms with E-state index in [-0.39, 0.29) is 6.42 Å². The fourth-order valence-electron chi connectivity index (χ4n) is 1.62. The molecule has 0 aliphatic carbocycles. The molecule has 0 spiro atoms. The highest BCUT2D eigenvalue weighted by molar-refractivity contribution is 14.1. The number of hydrogen-bond acceptors (Lipinski definition) is 1. The minimum Gasteiger partial charge on any atom is -0.396 e. The van der Waals surface area contributed by atoms with Gasteiger partial charge in [-0.2, -0.15) is 57.1 Å². The molecule has 1 nitrogen and oxygen atoms in total. The Morgan fingerprint density at radius 1 is 0.654 bits per heavy atom. The summed E-state index contributed by atoms with van der Waals surface area (Å²) in [6.07, 6.45) is -10.4. The molecule has 26 heavy (non-hydrogen) atoms. The number of halogens is 14. The van der Waals surface area contributed by atoms with Crippen molar-refractivity contribution in [2.75, 3.05) is 6.61 Å². The molecule has 0 fully saturated rings. The van der Waals surface area contributed by atoms with Gasteiger partial charge in [-0.1, -0.05) is 22.6 Å². The van der Waals surface area contributed by atoms with Crippen molar-refractivity contribution in [3.8, 4) is 0 Å². The summed E-state index contributed by atoms with van der Waals surface area (Å²) in [5.74, 6) is -36.6. The van der Waals surface area contributed by atoms with E-state index in [2.05, 4.69) is 0 Å². The molecule has 0 amide bonds. The minimum absolute atomic E-state index is 0.270. The van der Waals surface area contributed by atoms with E-state index in [0.717, 1.165) is 22.6 Å². The number of alkyl halides is 14. The van der Waals surface area contributed by atoms with Crippen LogP contribution in [0.3, 0.4) is 0 Å². The first-order valence-electron chi connectivity index (χ1n) is 6.41. The van der Waals surface area contributed by atoms with Gasteiger partial charge in [0.25, 0.3) is 0 Å². The van der Waals surface area contributed by atoms with Crippen molar-refractivity contribution >= 4 is 22.6 Å². The third-order valence-corrected chi connectivity index (χ3v) is 4.21. The van der Waals surface area contributed by atoms with Crippen molar-refractivity contribution in [2.45, 2.75) is 59.0 Å². The molecule has 0 aliphatic rings. The fourth-order valence-corrected chi connectivity index (χ4v) is 2.62. The van der Waals surface area contributed by atoms with E-state index in [1.54, 1.807) is 0 Å². The van der Waals surface area contributed by atoms with Crippen LogP contribution in [0.2, 0.25) is 0 Å². The van der Waals surface area contributed by atoms with Crippen molar-refractivity contribution in [3.63, 3.8) is 0 Å². The Bertz CT molecular complexity index is 473. The molecule has 0 aromatic rings. The summed E-state index contributed by atoms with van der Waals surface area (Å²) in [5.41, 5.74) is 0. The van der Waals surface area contributed by atoms with Gasteiger partial charge in [0.15, 0.2) is 0 Å². The second-order valence-electron chi connectivity index (χ2n) is 5.17. The SMILES string of the molecule is OCCC[C@@H](I)CC(F)(F)C(F)(F)C(F)(F)C(F)(F)C(F)(F)C(F)(F)F. The summed E-state index contributed by atoms with van der Waals surface area (Å²) >= 11 is 1.02. The molecule has 0 aromatic heterocycles. The summed E-state index contributed by atoms with van der Waals surface area (Å²) in [4.78, 5) is 0. The highest BCUT2D eigenvalue weighted by Gasteiger charge is 2.90. The first-order valence-corrected chi connectivity index (χ1v) is 7.66. The maximum absolute atomic E-state index is 13.4. The van der Waals surface area contributed by atoms with Crippen LogP contribution in [0.15, 0.2) is 0 Å². The lowest BCUT2D eigenvalue weighted by atomic mass is 9.91. The van der Waals surface area contributed by atoms with Gasteiger partial charge in [-0.3, -0.25) is 0 Å². The van der Waals surface area contributed by atoms with Crippen LogP contribution in [0.4, 0.5) is 57.1 Å². The van der Waals surface area contributed by atoms with Gasteiger partial charge >= 0.3 is 35.8 Å². The average molecular weight is 532 g/mol. The lowest BCUT2D eigenvalue weighted by Crippen LogP contribution is -2.70. The summed E-state index contributed by atoms with van der Waals surface area (Å²) in [6.45, 7) is -0.618. The van der Waals surface area contributed by atoms with Crippen molar-refractivity contribution < 1.29 is 62.2 Å². The van der Waals surface area contributed by atoms with Crippen molar-refractivity contribution in [2.24, 2.45) is 0 Å². The van der Waals surface area contributed by atoms with E-state index >= 15 is 0 Å². The average Bonchev–Trinajstić information content (AvgIpc) is 2.42. The molecule has 0 radical (unpaired) electrons. The summed E-state index contributed by atoms with van der Waals surface area (Å²) in [6, 6.07) is 0. The molecule has 0 heterocycles. The van der Waals surface area contributed by atoms with Crippen LogP contribution in [-0.2, 0) is 0 Å². The second-order valence-corrected chi connectivity index (χ2v) is 6.93. The Balaban J connectivity index is 5.92. The lowest BCUT2D eigenvalue weighted by molar-refractivity contribution is -0.440. The van der Waals surface area contributed by atoms with E-state index in [4.69, 9.17) is 5.11 Å². The normalized spacial score (nSPS) is 16.7. The molecular formula is C11H10F13IO. The van der Waals surface area contributed by atoms with Crippen LogP contribution in [0.1, 0.15) is 19.3 Å². The second kappa shape index (κ2) is 7.66. The van der Waals surface area contributed by atoms with Crippen molar-refractivity contribution in [1.29, 1.82) is 0 Å². The molecule has 15 heteroatoms. The molecule has 158 valence electrons. The first kappa shape index (κ1) is 25.8. The lowest BCUT2D eigenvalue weighted by Gasteiger charge is -2.40. The predicted molar refractivity (Wildman–Crippen MR) is 69.5 cm³/mol. The van der Waals surface area contributed by atoms with Gasteiger partial charge in [0.05, 0.1) is 0 Å². The van der Waals surface area contributed by atoms with Crippen molar-refractivity contribution in [3.05, 3.63) is 0 Å². The summed E-state index contributed by atoms with van der Waals surface area (Å²) in [5, 5.41) is 8.43. The molecule has 0 aliphatic heterocycles. The summed E-state index contributed by atoms with van der Waals surface area (Å²) in [7, 11) is 0. The monoisotopic (exact) mass is 532 g/mol. The van der Waals surface area contributed by atoms with E-state index in [1.165, 1.54) is 0 Å². The standard InChI is InChI=1S/C11H10F13IO/c12-6(13,4-5(25)2-1-3-26)7(14,15)8(16,17)9(18,19)10(20,21)11(22,23)24/h5,26H,1-4H2/t5-/m1/s1. The Hall–Kier alpha value is -0.220. The molecule has 1 atom stereocenters. The molecule has 0 rings (SSSR count). The van der Waals surface area contributed by atoms with E-state index in [1.807, 2.05) is 0 Å². The van der Waals surface area contributed by atoms with E-state index in [0.29, 0.717) is 0 Å². The van der Waals surface area contributed by atoms with Gasteiger partial charge in [0.2, 0.25) is 0 Å². The number of hydrogen-bond donors (Lipinski definition) is 1. The quantitative estimate of drug-likeness (QED) is 0.230. The van der Waals surface area contributed by atoms with Crippen LogP contribution in [0, 0.1) is 0 Å². The van der Waals surface area contributed by atoms with E-state index < -0.39 is 59.2 Å². The Morgan fingerprint density at radius 2 is 1.04 bits per heavy atom. The largest absolute Gasteiger partial charge is 0.460 e. The number of rotatable bonds is 9. The first-order chi connectivity index (χ1) is 11.2. The third kappa shape index (κ3) is 4.27. The summed E-state index contributed by atoms with van der Waals surface area (Å²) < 4.78 is 165. The molecule has 0 bridgehead atoms. The zero-order chi connectivity index (χ0) is 21.4. The van der Waals surface area contributed by atoms with Crippen LogP contribution in [-0.4, -0.2) is 51.4 Å². The van der Waals surface area contributed by atoms with E-state index in [9.17, 15) is 57.1 Å². The van der Waals surface area contributed by atoms with Gasteiger partial charge in [0.1, 0.15) is 0 Å². The molecular weight excluding hydrogens is 522 g/mol. The maximum Gasteiger partial charge on any atom is 0.460 e. The maximum atomic E-state index is 13.4. The minimum atomic E-state index is -7.86. The highest BCUT2D eigenvalue weighted by atomic mass is 127. The number of aliphatic hydroxyl groups excluding tert-OH is 1. The van der Waals surface area contributed by atoms with Gasteiger partial charge in [0, 0.05) is 17.0 Å². The van der Waals surface area contributed by atoms with Crippen LogP contribution >= 0.6 is 22.6 Å². The zero-order valence-electron chi connectivity index (χ0n) is 12.1. The highest BCUT2D eigenvalue weighted by Crippen LogP contribution is 2.60. The van der Waals surface area contributed by atoms with Crippen LogP contribution < -0.4 is 0 Å². The topological polar surface area (TPSA) is 20.2 Å². The molecule has 1 N–H and O–H groups in total. The zero-order valence-corrected chi connectivity index (χ0v) is 14.3. The van der Waals surface area contributed by atoms with Gasteiger partial charge < -0.3 is 5.11 Å². The van der Waals surface area contributed by atoms with Crippen LogP contribution in [0.5, 0.6) is 0 Å². The van der Waals surface area contributed by atoms with Gasteiger partial charge in [-0.25, -0.2) is 0 Å². The predicted octanol–water partition coefficient (Wildman–Crippen LogP) is 5.69. The Labute approximate surface area is 151 Å². The third-order valence-electron chi connectivity index (χ3n) is 3.15. The smallest absolute Gasteiger partial charge is 0.396 e. The number of aliphatic hydroxyl groups is 1. The Kier molecular flexibility index (Phi) is 7.59. The molecule has 0 saturated carbocycles. The van der Waals surface area contributed by atoms with Gasteiger partial charge in [-0.15, -0.1) is 0 Å². The molecule has 0 aromatic carbocycles. The fraction of sp³-hybridized carbons (Fsp3) is 1.00. The Morgan fingerprint density at radius 3 is 1.38 bits per heavy atom. The molecule has 0 unspecified atom stereocenters. The molecule has 0 saturated heterocycles. The van der Waals surface area contributed by atoms with Crippen molar-refractivity contribution in [1.82, 2.24) is 0 Å². The van der Waals surface area contributed by atoms with Gasteiger partial charge in [-0.05, 0) is 12.8 Å². The van der Waals surface area contributed by atoms with Crippen LogP contribution in [0.25, 0.3) is 0 Å².